The van der Waals surface area contributed by atoms with Gasteiger partial charge in [-0.1, -0.05) is 54.1 Å². The van der Waals surface area contributed by atoms with Crippen LogP contribution in [0.2, 0.25) is 5.02 Å². The Morgan fingerprint density at radius 2 is 1.74 bits per heavy atom. The van der Waals surface area contributed by atoms with Crippen LogP contribution in [0.4, 0.5) is 5.69 Å². The van der Waals surface area contributed by atoms with Crippen LogP contribution in [0.15, 0.2) is 77.7 Å². The van der Waals surface area contributed by atoms with E-state index in [0.717, 1.165) is 5.56 Å². The molecule has 11 heteroatoms. The molecule has 0 radical (unpaired) electrons. The van der Waals surface area contributed by atoms with Crippen molar-refractivity contribution < 1.29 is 27.8 Å². The molecule has 0 aliphatic carbocycles. The first-order valence-electron chi connectivity index (χ1n) is 10.7. The summed E-state index contributed by atoms with van der Waals surface area (Å²) in [5.41, 5.74) is 1.36. The van der Waals surface area contributed by atoms with Crippen molar-refractivity contribution in [1.82, 2.24) is 10.0 Å². The largest absolute Gasteiger partial charge is 0.454 e. The van der Waals surface area contributed by atoms with E-state index in [2.05, 4.69) is 10.0 Å². The number of ether oxygens (including phenoxy) is 2. The number of anilines is 1. The number of hydrogen-bond acceptors (Lipinski definition) is 7. The third kappa shape index (κ3) is 5.92. The first kappa shape index (κ1) is 25.0. The van der Waals surface area contributed by atoms with Crippen LogP contribution in [0, 0.1) is 0 Å². The highest BCUT2D eigenvalue weighted by Crippen LogP contribution is 2.35. The minimum absolute atomic E-state index is 0.00616. The Morgan fingerprint density at radius 1 is 1.06 bits per heavy atom. The van der Waals surface area contributed by atoms with Crippen LogP contribution in [-0.2, 0) is 21.2 Å². The first-order chi connectivity index (χ1) is 16.7. The average Bonchev–Trinajstić information content (AvgIpc) is 3.31. The number of nitrogens with one attached hydrogen (secondary N) is 2. The Labute approximate surface area is 208 Å². The van der Waals surface area contributed by atoms with E-state index < -0.39 is 28.3 Å². The van der Waals surface area contributed by atoms with Crippen molar-refractivity contribution in [1.29, 1.82) is 0 Å². The number of aliphatic hydroxyl groups is 1. The highest BCUT2D eigenvalue weighted by atomic mass is 35.5. The summed E-state index contributed by atoms with van der Waals surface area (Å²) in [5.74, 6) is 0.698. The quantitative estimate of drug-likeness (QED) is 0.373. The maximum atomic E-state index is 13.5. The molecule has 1 amide bonds. The van der Waals surface area contributed by atoms with E-state index in [1.54, 1.807) is 31.3 Å². The van der Waals surface area contributed by atoms with Gasteiger partial charge in [-0.15, -0.1) is 0 Å². The predicted molar refractivity (Wildman–Crippen MR) is 131 cm³/mol. The lowest BCUT2D eigenvalue weighted by atomic mass is 10.0. The summed E-state index contributed by atoms with van der Waals surface area (Å²) in [6, 6.07) is 19.1. The van der Waals surface area contributed by atoms with E-state index >= 15 is 0 Å². The summed E-state index contributed by atoms with van der Waals surface area (Å²) >= 11 is 6.00. The molecule has 3 aromatic carbocycles. The second kappa shape index (κ2) is 10.6. The third-order valence-electron chi connectivity index (χ3n) is 5.41. The molecule has 0 bridgehead atoms. The van der Waals surface area contributed by atoms with Crippen molar-refractivity contribution in [2.75, 3.05) is 18.7 Å². The fourth-order valence-electron chi connectivity index (χ4n) is 3.62. The van der Waals surface area contributed by atoms with E-state index in [9.17, 15) is 18.3 Å². The number of rotatable bonds is 9. The topological polar surface area (TPSA) is 117 Å². The predicted octanol–water partition coefficient (Wildman–Crippen LogP) is 2.49. The number of carbonyl (C=O) groups excluding carboxylic acids is 1. The number of halogens is 1. The molecule has 0 spiro atoms. The number of aliphatic hydroxyl groups excluding tert-OH is 1. The normalized spacial score (nSPS) is 14.4. The number of benzene rings is 3. The molecule has 3 N–H and O–H groups in total. The molecule has 1 aliphatic rings. The van der Waals surface area contributed by atoms with Crippen LogP contribution in [0.3, 0.4) is 0 Å². The molecule has 3 aromatic rings. The van der Waals surface area contributed by atoms with Crippen molar-refractivity contribution in [3.05, 3.63) is 83.4 Å². The Kier molecular flexibility index (Phi) is 7.58. The standard InChI is InChI=1S/C24H24ClN3O6S/c1-28(17-11-12-20-21(14-17)34-15-33-20)23(29)19(13-16-7-3-2-4-8-16)26-24(30)27-35(31,32)22-10-6-5-9-18(22)25/h2-12,14,19,24,26-27,30H,13,15H2,1H3/t19-,24?/m0/s1. The lowest BCUT2D eigenvalue weighted by Gasteiger charge is -2.27. The van der Waals surface area contributed by atoms with E-state index in [1.807, 2.05) is 30.3 Å². The molecule has 1 unspecified atom stereocenters. The molecule has 2 atom stereocenters. The zero-order chi connectivity index (χ0) is 25.0. The summed E-state index contributed by atoms with van der Waals surface area (Å²) in [4.78, 5) is 14.7. The molecule has 0 saturated carbocycles. The highest BCUT2D eigenvalue weighted by molar-refractivity contribution is 7.89. The third-order valence-corrected chi connectivity index (χ3v) is 7.32. The zero-order valence-corrected chi connectivity index (χ0v) is 20.3. The van der Waals surface area contributed by atoms with Gasteiger partial charge in [-0.25, -0.2) is 8.42 Å². The number of likely N-dealkylation sites (N-methyl/N-ethyl adjacent to an activating group) is 1. The molecule has 1 aliphatic heterocycles. The SMILES string of the molecule is CN(C(=O)[C@H](Cc1ccccc1)NC(O)NS(=O)(=O)c1ccccc1Cl)c1ccc2c(c1)OCO2. The van der Waals surface area contributed by atoms with Crippen LogP contribution in [0.25, 0.3) is 0 Å². The van der Waals surface area contributed by atoms with Crippen molar-refractivity contribution in [3.8, 4) is 11.5 Å². The number of carbonyl (C=O) groups is 1. The second-order valence-electron chi connectivity index (χ2n) is 7.80. The van der Waals surface area contributed by atoms with Gasteiger partial charge in [-0.3, -0.25) is 10.1 Å². The smallest absolute Gasteiger partial charge is 0.245 e. The number of fused-ring (bicyclic) bond motifs is 1. The Morgan fingerprint density at radius 3 is 2.49 bits per heavy atom. The Balaban J connectivity index is 1.54. The Hall–Kier alpha value is -3.15. The van der Waals surface area contributed by atoms with Gasteiger partial charge >= 0.3 is 0 Å². The summed E-state index contributed by atoms with van der Waals surface area (Å²) in [5, 5.41) is 13.3. The van der Waals surface area contributed by atoms with E-state index in [-0.39, 0.29) is 23.1 Å². The van der Waals surface area contributed by atoms with E-state index in [0.29, 0.717) is 17.2 Å². The van der Waals surface area contributed by atoms with Crippen molar-refractivity contribution in [2.45, 2.75) is 23.7 Å². The first-order valence-corrected chi connectivity index (χ1v) is 12.5. The van der Waals surface area contributed by atoms with Crippen molar-refractivity contribution in [3.63, 3.8) is 0 Å². The number of hydrogen-bond donors (Lipinski definition) is 3. The highest BCUT2D eigenvalue weighted by Gasteiger charge is 2.29. The molecule has 4 rings (SSSR count). The van der Waals surface area contributed by atoms with E-state index in [4.69, 9.17) is 21.1 Å². The number of amides is 1. The van der Waals surface area contributed by atoms with Crippen molar-refractivity contribution in [2.24, 2.45) is 0 Å². The molecule has 184 valence electrons. The summed E-state index contributed by atoms with van der Waals surface area (Å²) in [6.07, 6.45) is -1.57. The average molecular weight is 518 g/mol. The summed E-state index contributed by atoms with van der Waals surface area (Å²) < 4.78 is 38.3. The number of nitrogens with zero attached hydrogens (tertiary/aromatic N) is 1. The minimum Gasteiger partial charge on any atom is -0.454 e. The van der Waals surface area contributed by atoms with Gasteiger partial charge in [0.25, 0.3) is 0 Å². The minimum atomic E-state index is -4.16. The monoisotopic (exact) mass is 517 g/mol. The van der Waals surface area contributed by atoms with Gasteiger partial charge in [0, 0.05) is 18.8 Å². The zero-order valence-electron chi connectivity index (χ0n) is 18.7. The van der Waals surface area contributed by atoms with Gasteiger partial charge in [0.2, 0.25) is 22.7 Å². The van der Waals surface area contributed by atoms with Crippen LogP contribution in [0.5, 0.6) is 11.5 Å². The van der Waals surface area contributed by atoms with Gasteiger partial charge < -0.3 is 19.5 Å². The van der Waals surface area contributed by atoms with Gasteiger partial charge in [-0.2, -0.15) is 4.72 Å². The van der Waals surface area contributed by atoms with Crippen LogP contribution in [0.1, 0.15) is 5.56 Å². The molecular weight excluding hydrogens is 494 g/mol. The maximum Gasteiger partial charge on any atom is 0.245 e. The molecule has 0 saturated heterocycles. The van der Waals surface area contributed by atoms with Gasteiger partial charge in [0.05, 0.1) is 11.1 Å². The molecule has 1 heterocycles. The van der Waals surface area contributed by atoms with Crippen LogP contribution in [-0.4, -0.2) is 45.7 Å². The van der Waals surface area contributed by atoms with E-state index in [1.165, 1.54) is 23.1 Å². The lowest BCUT2D eigenvalue weighted by molar-refractivity contribution is -0.121. The summed E-state index contributed by atoms with van der Waals surface area (Å²) in [6.45, 7) is 0.104. The summed E-state index contributed by atoms with van der Waals surface area (Å²) in [7, 11) is -2.58. The maximum absolute atomic E-state index is 13.5. The molecular formula is C24H24ClN3O6S. The fraction of sp³-hybridized carbons (Fsp3) is 0.208. The lowest BCUT2D eigenvalue weighted by Crippen LogP contribution is -2.55. The second-order valence-corrected chi connectivity index (χ2v) is 9.89. The van der Waals surface area contributed by atoms with Crippen LogP contribution >= 0.6 is 11.6 Å². The fourth-order valence-corrected chi connectivity index (χ4v) is 5.13. The van der Waals surface area contributed by atoms with Crippen molar-refractivity contribution >= 4 is 33.2 Å². The number of sulfonamides is 1. The van der Waals surface area contributed by atoms with Crippen LogP contribution < -0.4 is 24.4 Å². The van der Waals surface area contributed by atoms with Gasteiger partial charge in [0.15, 0.2) is 17.9 Å². The molecule has 9 nitrogen and oxygen atoms in total. The van der Waals surface area contributed by atoms with Gasteiger partial charge in [-0.05, 0) is 36.2 Å². The van der Waals surface area contributed by atoms with Gasteiger partial charge in [0.1, 0.15) is 4.90 Å². The molecule has 0 fully saturated rings. The molecule has 35 heavy (non-hydrogen) atoms. The molecule has 0 aromatic heterocycles. The Bertz CT molecular complexity index is 1310.